The number of nitrogens with zero attached hydrogens (tertiary/aromatic N) is 1. The smallest absolute Gasteiger partial charge is 0.166 e. The number of benzene rings is 2. The number of ketones is 1. The number of ether oxygens (including phenoxy) is 2. The lowest BCUT2D eigenvalue weighted by molar-refractivity contribution is 0.0895. The molecule has 0 saturated carbocycles. The van der Waals surface area contributed by atoms with Crippen molar-refractivity contribution in [1.82, 2.24) is 4.90 Å². The first kappa shape index (κ1) is 9.45. The Labute approximate surface area is 184 Å². The van der Waals surface area contributed by atoms with Crippen LogP contribution in [0.2, 0.25) is 0 Å². The van der Waals surface area contributed by atoms with Crippen LogP contribution in [0.4, 0.5) is 0 Å². The second kappa shape index (κ2) is 8.36. The minimum atomic E-state index is -3.45. The van der Waals surface area contributed by atoms with Gasteiger partial charge in [-0.05, 0) is 67.7 Å². The Balaban J connectivity index is 1.84. The van der Waals surface area contributed by atoms with E-state index in [9.17, 15) is 4.79 Å². The van der Waals surface area contributed by atoms with Gasteiger partial charge in [0.25, 0.3) is 0 Å². The van der Waals surface area contributed by atoms with Gasteiger partial charge in [0.1, 0.15) is 0 Å². The molecule has 1 fully saturated rings. The van der Waals surface area contributed by atoms with Gasteiger partial charge in [0.15, 0.2) is 17.3 Å². The van der Waals surface area contributed by atoms with Crippen molar-refractivity contribution in [3.05, 3.63) is 59.1 Å². The summed E-state index contributed by atoms with van der Waals surface area (Å²) in [5.74, 6) is -7.32. The molecule has 1 atom stereocenters. The zero-order valence-corrected chi connectivity index (χ0v) is 15.7. The molecular formula is C24H29NO3. The molecule has 0 radical (unpaired) electrons. The van der Waals surface area contributed by atoms with Crippen LogP contribution in [0.3, 0.4) is 0 Å². The fourth-order valence-corrected chi connectivity index (χ4v) is 3.21. The van der Waals surface area contributed by atoms with Crippen LogP contribution in [0.1, 0.15) is 57.1 Å². The number of rotatable bonds is 6. The van der Waals surface area contributed by atoms with E-state index in [0.717, 1.165) is 0 Å². The molecule has 4 heteroatoms. The summed E-state index contributed by atoms with van der Waals surface area (Å²) in [6.07, 6.45) is -8.76. The molecule has 148 valence electrons. The Hall–Kier alpha value is -2.33. The molecule has 1 saturated heterocycles. The summed E-state index contributed by atoms with van der Waals surface area (Å²) in [7, 11) is 2.42. The van der Waals surface area contributed by atoms with Gasteiger partial charge < -0.3 is 9.47 Å². The molecule has 0 aromatic heterocycles. The summed E-state index contributed by atoms with van der Waals surface area (Å²) in [5, 5.41) is 0. The predicted molar refractivity (Wildman–Crippen MR) is 110 cm³/mol. The van der Waals surface area contributed by atoms with Crippen molar-refractivity contribution in [2.24, 2.45) is 11.8 Å². The van der Waals surface area contributed by atoms with Crippen molar-refractivity contribution in [3.63, 3.8) is 0 Å². The first-order valence-corrected chi connectivity index (χ1v) is 8.87. The first-order chi connectivity index (χ1) is 18.3. The molecule has 28 heavy (non-hydrogen) atoms. The van der Waals surface area contributed by atoms with Gasteiger partial charge in [-0.15, -0.1) is 0 Å². The zero-order chi connectivity index (χ0) is 30.3. The number of hydrogen-bond donors (Lipinski definition) is 0. The number of piperidine rings is 1. The van der Waals surface area contributed by atoms with Crippen molar-refractivity contribution < 1.29 is 30.7 Å². The van der Waals surface area contributed by atoms with E-state index in [4.69, 9.17) is 25.9 Å². The van der Waals surface area contributed by atoms with Gasteiger partial charge in [0, 0.05) is 31.7 Å². The molecule has 2 aromatic carbocycles. The van der Waals surface area contributed by atoms with Crippen molar-refractivity contribution in [2.75, 3.05) is 27.2 Å². The fraction of sp³-hybridized carbons (Fsp3) is 0.458. The van der Waals surface area contributed by atoms with E-state index in [-0.39, 0.29) is 28.7 Å². The van der Waals surface area contributed by atoms with E-state index in [1.54, 1.807) is 30.3 Å². The zero-order valence-electron chi connectivity index (χ0n) is 27.7. The van der Waals surface area contributed by atoms with Crippen LogP contribution in [0.25, 0.3) is 0 Å². The number of methoxy groups -OCH3 is 2. The van der Waals surface area contributed by atoms with E-state index in [0.29, 0.717) is 10.5 Å². The molecule has 1 unspecified atom stereocenters. The third-order valence-corrected chi connectivity index (χ3v) is 4.61. The van der Waals surface area contributed by atoms with Crippen molar-refractivity contribution >= 4 is 5.78 Å². The van der Waals surface area contributed by atoms with E-state index in [1.807, 2.05) is 0 Å². The first-order valence-electron chi connectivity index (χ1n) is 14.9. The average molecular weight is 392 g/mol. The van der Waals surface area contributed by atoms with E-state index < -0.39 is 68.7 Å². The highest BCUT2D eigenvalue weighted by molar-refractivity contribution is 6.02. The molecule has 0 bridgehead atoms. The molecule has 2 aromatic rings. The molecule has 1 aliphatic heterocycles. The minimum absolute atomic E-state index is 0.0973. The van der Waals surface area contributed by atoms with Crippen molar-refractivity contribution in [3.8, 4) is 11.5 Å². The Morgan fingerprint density at radius 1 is 1.14 bits per heavy atom. The molecule has 4 rings (SSSR count). The highest BCUT2D eigenvalue weighted by Crippen LogP contribution is 2.39. The van der Waals surface area contributed by atoms with Crippen LogP contribution in [-0.4, -0.2) is 37.9 Å². The van der Waals surface area contributed by atoms with Crippen LogP contribution in [0.5, 0.6) is 11.5 Å². The highest BCUT2D eigenvalue weighted by Gasteiger charge is 2.34. The summed E-state index contributed by atoms with van der Waals surface area (Å²) < 4.78 is 115. The maximum Gasteiger partial charge on any atom is 0.166 e. The third kappa shape index (κ3) is 3.93. The van der Waals surface area contributed by atoms with Gasteiger partial charge >= 0.3 is 0 Å². The summed E-state index contributed by atoms with van der Waals surface area (Å²) in [6.45, 7) is -7.05. The third-order valence-electron chi connectivity index (χ3n) is 4.61. The molecule has 0 spiro atoms. The van der Waals surface area contributed by atoms with Crippen molar-refractivity contribution in [2.45, 2.75) is 32.1 Å². The van der Waals surface area contributed by atoms with Gasteiger partial charge in [0.2, 0.25) is 0 Å². The van der Waals surface area contributed by atoms with Crippen molar-refractivity contribution in [1.29, 1.82) is 0 Å². The quantitative estimate of drug-likeness (QED) is 0.733. The number of carbonyl (C=O) groups is 1. The lowest BCUT2D eigenvalue weighted by Crippen LogP contribution is -2.34. The average Bonchev–Trinajstić information content (AvgIpc) is 3.14. The standard InChI is InChI=1S/C24H29NO3/c1-27-22-14-19-13-20(24(26)21(19)15-23(22)28-2)12-17-8-10-25(11-9-17)16-18-6-4-3-5-7-18/h3-7,14-15,17,20H,8-13,16H2,1-2H3/i8D2,9D2,10D2,11D2,14D,15D,17D,20D. The maximum absolute atomic E-state index is 13.6. The summed E-state index contributed by atoms with van der Waals surface area (Å²) in [4.78, 5) is 14.0. The number of likely N-dealkylation sites (tertiary alicyclic amines) is 1. The molecule has 0 amide bonds. The molecule has 1 heterocycles. The van der Waals surface area contributed by atoms with E-state index in [2.05, 4.69) is 0 Å². The number of fused-ring (bicyclic) bond motifs is 1. The lowest BCUT2D eigenvalue weighted by atomic mass is 9.85. The largest absolute Gasteiger partial charge is 0.493 e. The van der Waals surface area contributed by atoms with Gasteiger partial charge in [0.05, 0.1) is 17.0 Å². The molecule has 2 aliphatic rings. The molecular weight excluding hydrogens is 350 g/mol. The predicted octanol–water partition coefficient (Wildman–Crippen LogP) is 4.36. The second-order valence-electron chi connectivity index (χ2n) is 6.48. The van der Waals surface area contributed by atoms with Gasteiger partial charge in [-0.25, -0.2) is 0 Å². The molecule has 1 aliphatic carbocycles. The Morgan fingerprint density at radius 2 is 1.82 bits per heavy atom. The number of carbonyl (C=O) groups excluding carboxylic acids is 1. The topological polar surface area (TPSA) is 38.8 Å². The molecule has 4 nitrogen and oxygen atoms in total. The number of Topliss-reactive ketones (excluding diaryl/α,β-unsaturated/α-hetero) is 1. The maximum atomic E-state index is 13.6. The Bertz CT molecular complexity index is 1320. The fourth-order valence-electron chi connectivity index (χ4n) is 3.21. The second-order valence-corrected chi connectivity index (χ2v) is 6.48. The van der Waals surface area contributed by atoms with Gasteiger partial charge in [-0.2, -0.15) is 0 Å². The molecule has 0 N–H and O–H groups in total. The Kier molecular flexibility index (Phi) is 2.82. The van der Waals surface area contributed by atoms with Crippen LogP contribution in [0, 0.1) is 11.8 Å². The van der Waals surface area contributed by atoms with Crippen LogP contribution < -0.4 is 9.47 Å². The minimum Gasteiger partial charge on any atom is -0.493 e. The van der Waals surface area contributed by atoms with Crippen LogP contribution in [-0.2, 0) is 13.0 Å². The van der Waals surface area contributed by atoms with E-state index in [1.165, 1.54) is 14.2 Å². The summed E-state index contributed by atoms with van der Waals surface area (Å²) in [5.41, 5.74) is -0.0960. The SMILES string of the molecule is [2H]c1c2c(c([2H])c(OC)c1OC)C(=O)C([2H])(CC1([2H])C([2H])([2H])C([2H])([2H])N(Cc3ccccc3)C([2H])([2H])C1([2H])[2H])C2. The number of hydrogen-bond acceptors (Lipinski definition) is 4. The lowest BCUT2D eigenvalue weighted by Gasteiger charge is -2.32. The van der Waals surface area contributed by atoms with Gasteiger partial charge in [-0.1, -0.05) is 30.3 Å². The Morgan fingerprint density at radius 3 is 2.50 bits per heavy atom. The normalized spacial score (nSPS) is 37.4. The summed E-state index contributed by atoms with van der Waals surface area (Å²) in [6, 6.07) is 7.15. The van der Waals surface area contributed by atoms with Crippen LogP contribution in [0.15, 0.2) is 42.4 Å². The van der Waals surface area contributed by atoms with E-state index >= 15 is 0 Å². The monoisotopic (exact) mass is 391 g/mol. The van der Waals surface area contributed by atoms with Gasteiger partial charge in [-0.3, -0.25) is 9.69 Å². The van der Waals surface area contributed by atoms with Crippen LogP contribution >= 0.6 is 0 Å². The highest BCUT2D eigenvalue weighted by atomic mass is 16.5. The summed E-state index contributed by atoms with van der Waals surface area (Å²) >= 11 is 0.